The van der Waals surface area contributed by atoms with E-state index in [1.54, 1.807) is 11.3 Å². The number of hydrogen-bond donors (Lipinski definition) is 1. The van der Waals surface area contributed by atoms with Crippen molar-refractivity contribution in [1.29, 1.82) is 0 Å². The highest BCUT2D eigenvalue weighted by molar-refractivity contribution is 7.07. The van der Waals surface area contributed by atoms with Crippen molar-refractivity contribution >= 4 is 11.3 Å². The molecule has 0 aromatic carbocycles. The van der Waals surface area contributed by atoms with Gasteiger partial charge in [-0.05, 0) is 12.8 Å². The summed E-state index contributed by atoms with van der Waals surface area (Å²) in [7, 11) is 0. The first-order chi connectivity index (χ1) is 8.16. The third-order valence-corrected chi connectivity index (χ3v) is 4.20. The highest BCUT2D eigenvalue weighted by Gasteiger charge is 2.27. The average molecular weight is 253 g/mol. The van der Waals surface area contributed by atoms with Gasteiger partial charge in [-0.25, -0.2) is 4.98 Å². The molecule has 96 valence electrons. The Morgan fingerprint density at radius 2 is 2.41 bits per heavy atom. The Kier molecular flexibility index (Phi) is 4.54. The van der Waals surface area contributed by atoms with Gasteiger partial charge in [0.05, 0.1) is 11.2 Å². The average Bonchev–Trinajstić information content (AvgIpc) is 2.78. The molecular formula is C13H23N3S. The highest BCUT2D eigenvalue weighted by atomic mass is 32.1. The first kappa shape index (κ1) is 13.0. The van der Waals surface area contributed by atoms with Crippen molar-refractivity contribution in [3.63, 3.8) is 0 Å². The fourth-order valence-electron chi connectivity index (χ4n) is 2.54. The van der Waals surface area contributed by atoms with Gasteiger partial charge < -0.3 is 5.32 Å². The van der Waals surface area contributed by atoms with Gasteiger partial charge in [-0.3, -0.25) is 4.90 Å². The number of aromatic nitrogens is 1. The zero-order valence-corrected chi connectivity index (χ0v) is 11.8. The lowest BCUT2D eigenvalue weighted by atomic mass is 9.98. The van der Waals surface area contributed by atoms with Gasteiger partial charge in [0, 0.05) is 43.5 Å². The van der Waals surface area contributed by atoms with Gasteiger partial charge in [-0.15, -0.1) is 11.3 Å². The third-order valence-electron chi connectivity index (χ3n) is 3.56. The van der Waals surface area contributed by atoms with Crippen LogP contribution < -0.4 is 5.32 Å². The first-order valence-corrected chi connectivity index (χ1v) is 7.45. The Labute approximate surface area is 108 Å². The van der Waals surface area contributed by atoms with Crippen LogP contribution >= 0.6 is 11.3 Å². The summed E-state index contributed by atoms with van der Waals surface area (Å²) in [5.74, 6) is 0.713. The minimum atomic E-state index is 0.612. The van der Waals surface area contributed by atoms with E-state index in [4.69, 9.17) is 0 Å². The zero-order chi connectivity index (χ0) is 12.3. The number of hydrogen-bond acceptors (Lipinski definition) is 4. The number of thiazole rings is 1. The summed E-state index contributed by atoms with van der Waals surface area (Å²) >= 11 is 1.69. The van der Waals surface area contributed by atoms with E-state index in [1.807, 2.05) is 5.51 Å². The van der Waals surface area contributed by atoms with Crippen molar-refractivity contribution in [2.45, 2.75) is 39.3 Å². The van der Waals surface area contributed by atoms with Crippen LogP contribution in [0.3, 0.4) is 0 Å². The van der Waals surface area contributed by atoms with E-state index in [0.29, 0.717) is 18.0 Å². The number of piperazine rings is 1. The van der Waals surface area contributed by atoms with E-state index in [9.17, 15) is 0 Å². The van der Waals surface area contributed by atoms with E-state index < -0.39 is 0 Å². The van der Waals surface area contributed by atoms with Crippen LogP contribution in [-0.2, 0) is 6.42 Å². The molecule has 2 rings (SSSR count). The van der Waals surface area contributed by atoms with Crippen LogP contribution in [0.1, 0.15) is 26.5 Å². The maximum absolute atomic E-state index is 4.37. The summed E-state index contributed by atoms with van der Waals surface area (Å²) in [6, 6.07) is 1.28. The van der Waals surface area contributed by atoms with Crippen LogP contribution in [-0.4, -0.2) is 41.6 Å². The van der Waals surface area contributed by atoms with E-state index >= 15 is 0 Å². The Morgan fingerprint density at radius 1 is 1.59 bits per heavy atom. The van der Waals surface area contributed by atoms with E-state index in [2.05, 4.69) is 41.4 Å². The summed E-state index contributed by atoms with van der Waals surface area (Å²) in [5, 5.41) is 5.74. The van der Waals surface area contributed by atoms with Crippen LogP contribution in [0.2, 0.25) is 0 Å². The molecule has 4 heteroatoms. The quantitative estimate of drug-likeness (QED) is 0.889. The second-order valence-electron chi connectivity index (χ2n) is 5.35. The van der Waals surface area contributed by atoms with Gasteiger partial charge in [-0.2, -0.15) is 0 Å². The molecule has 1 fully saturated rings. The van der Waals surface area contributed by atoms with Crippen molar-refractivity contribution in [1.82, 2.24) is 15.2 Å². The molecule has 0 spiro atoms. The molecular weight excluding hydrogens is 230 g/mol. The lowest BCUT2D eigenvalue weighted by molar-refractivity contribution is 0.104. The smallest absolute Gasteiger partial charge is 0.0794 e. The topological polar surface area (TPSA) is 28.2 Å². The second-order valence-corrected chi connectivity index (χ2v) is 6.06. The van der Waals surface area contributed by atoms with Gasteiger partial charge in [-0.1, -0.05) is 13.8 Å². The Morgan fingerprint density at radius 3 is 3.06 bits per heavy atom. The van der Waals surface area contributed by atoms with Crippen LogP contribution in [0.4, 0.5) is 0 Å². The van der Waals surface area contributed by atoms with Gasteiger partial charge >= 0.3 is 0 Å². The summed E-state index contributed by atoms with van der Waals surface area (Å²) in [6.07, 6.45) is 1.08. The molecule has 1 aromatic heterocycles. The van der Waals surface area contributed by atoms with Gasteiger partial charge in [0.1, 0.15) is 0 Å². The first-order valence-electron chi connectivity index (χ1n) is 6.51. The fraction of sp³-hybridized carbons (Fsp3) is 0.769. The maximum atomic E-state index is 4.37. The number of nitrogens with zero attached hydrogens (tertiary/aromatic N) is 2. The van der Waals surface area contributed by atoms with E-state index in [0.717, 1.165) is 26.1 Å². The standard InChI is InChI=1S/C13H23N3S/c1-10(2)13-6-14-11(3)7-16(13)5-4-12-8-17-9-15-12/h8-11,13-14H,4-7H2,1-3H3. The largest absolute Gasteiger partial charge is 0.311 e. The predicted molar refractivity (Wildman–Crippen MR) is 73.5 cm³/mol. The summed E-state index contributed by atoms with van der Waals surface area (Å²) in [4.78, 5) is 7.00. The molecule has 2 heterocycles. The summed E-state index contributed by atoms with van der Waals surface area (Å²) in [6.45, 7) is 10.3. The fourth-order valence-corrected chi connectivity index (χ4v) is 3.13. The zero-order valence-electron chi connectivity index (χ0n) is 11.0. The van der Waals surface area contributed by atoms with Crippen LogP contribution in [0.5, 0.6) is 0 Å². The van der Waals surface area contributed by atoms with Gasteiger partial charge in [0.25, 0.3) is 0 Å². The Bertz CT molecular complexity index is 323. The molecule has 1 aliphatic rings. The molecule has 1 N–H and O–H groups in total. The molecule has 1 saturated heterocycles. The summed E-state index contributed by atoms with van der Waals surface area (Å²) in [5.41, 5.74) is 3.17. The third kappa shape index (κ3) is 3.50. The normalized spacial score (nSPS) is 26.6. The monoisotopic (exact) mass is 253 g/mol. The predicted octanol–water partition coefficient (Wildman–Crippen LogP) is 2.00. The van der Waals surface area contributed by atoms with Crippen molar-refractivity contribution in [3.8, 4) is 0 Å². The molecule has 17 heavy (non-hydrogen) atoms. The highest BCUT2D eigenvalue weighted by Crippen LogP contribution is 2.16. The molecule has 2 unspecified atom stereocenters. The minimum absolute atomic E-state index is 0.612. The van der Waals surface area contributed by atoms with Crippen LogP contribution in [0.15, 0.2) is 10.9 Å². The number of nitrogens with one attached hydrogen (secondary N) is 1. The van der Waals surface area contributed by atoms with Crippen molar-refractivity contribution in [2.24, 2.45) is 5.92 Å². The molecule has 3 nitrogen and oxygen atoms in total. The SMILES string of the molecule is CC1CN(CCc2cscn2)C(C(C)C)CN1. The molecule has 1 aromatic rings. The Hall–Kier alpha value is -0.450. The minimum Gasteiger partial charge on any atom is -0.311 e. The van der Waals surface area contributed by atoms with Crippen LogP contribution in [0, 0.1) is 5.92 Å². The molecule has 0 radical (unpaired) electrons. The molecule has 0 aliphatic carbocycles. The lowest BCUT2D eigenvalue weighted by Crippen LogP contribution is -2.57. The molecule has 0 saturated carbocycles. The van der Waals surface area contributed by atoms with E-state index in [1.165, 1.54) is 5.69 Å². The van der Waals surface area contributed by atoms with Gasteiger partial charge in [0.15, 0.2) is 0 Å². The molecule has 0 amide bonds. The summed E-state index contributed by atoms with van der Waals surface area (Å²) < 4.78 is 0. The Balaban J connectivity index is 1.90. The second kappa shape index (κ2) is 5.94. The lowest BCUT2D eigenvalue weighted by Gasteiger charge is -2.41. The van der Waals surface area contributed by atoms with Crippen LogP contribution in [0.25, 0.3) is 0 Å². The molecule has 0 bridgehead atoms. The van der Waals surface area contributed by atoms with Crippen molar-refractivity contribution < 1.29 is 0 Å². The number of rotatable bonds is 4. The van der Waals surface area contributed by atoms with Gasteiger partial charge in [0.2, 0.25) is 0 Å². The van der Waals surface area contributed by atoms with E-state index in [-0.39, 0.29) is 0 Å². The van der Waals surface area contributed by atoms with Crippen molar-refractivity contribution in [3.05, 3.63) is 16.6 Å². The maximum Gasteiger partial charge on any atom is 0.0794 e. The molecule has 2 atom stereocenters. The van der Waals surface area contributed by atoms with Crippen molar-refractivity contribution in [2.75, 3.05) is 19.6 Å². The molecule has 1 aliphatic heterocycles.